The molecule has 0 atom stereocenters. The van der Waals surface area contributed by atoms with Crippen LogP contribution in [0.5, 0.6) is 11.5 Å². The van der Waals surface area contributed by atoms with Gasteiger partial charge in [0.2, 0.25) is 0 Å². The van der Waals surface area contributed by atoms with Crippen LogP contribution in [0.2, 0.25) is 0 Å². The molecule has 0 bridgehead atoms. The topological polar surface area (TPSA) is 94.8 Å². The number of hydrogen-bond donors (Lipinski definition) is 3. The summed E-state index contributed by atoms with van der Waals surface area (Å²) in [5, 5.41) is 18.2. The second kappa shape index (κ2) is 4.50. The molecular formula is C7H8NaO5S. The summed E-state index contributed by atoms with van der Waals surface area (Å²) in [4.78, 5) is -0.534. The molecule has 0 aliphatic carbocycles. The van der Waals surface area contributed by atoms with E-state index in [9.17, 15) is 8.42 Å². The van der Waals surface area contributed by atoms with Crippen molar-refractivity contribution in [1.82, 2.24) is 0 Å². The molecule has 0 heterocycles. The van der Waals surface area contributed by atoms with Crippen LogP contribution in [0.15, 0.2) is 17.0 Å². The van der Waals surface area contributed by atoms with Gasteiger partial charge in [-0.25, -0.2) is 0 Å². The average Bonchev–Trinajstić information content (AvgIpc) is 1.97. The molecule has 0 spiro atoms. The number of rotatable bonds is 1. The Hall–Kier alpha value is -0.270. The van der Waals surface area contributed by atoms with E-state index in [-0.39, 0.29) is 46.6 Å². The molecular weight excluding hydrogens is 219 g/mol. The molecule has 1 radical (unpaired) electrons. The Bertz CT molecular complexity index is 416. The molecule has 73 valence electrons. The Morgan fingerprint density at radius 2 is 1.50 bits per heavy atom. The predicted octanol–water partition coefficient (Wildman–Crippen LogP) is 0.272. The molecule has 1 aromatic carbocycles. The SMILES string of the molecule is Cc1c(O)cc(S(=O)(=O)O)cc1O.[Na]. The van der Waals surface area contributed by atoms with Gasteiger partial charge in [-0.2, -0.15) is 8.42 Å². The van der Waals surface area contributed by atoms with Crippen molar-refractivity contribution in [3.63, 3.8) is 0 Å². The summed E-state index contributed by atoms with van der Waals surface area (Å²) in [5.74, 6) is -0.764. The van der Waals surface area contributed by atoms with Gasteiger partial charge in [-0.05, 0) is 6.92 Å². The molecule has 0 aromatic heterocycles. The molecule has 3 N–H and O–H groups in total. The third kappa shape index (κ3) is 2.86. The summed E-state index contributed by atoms with van der Waals surface area (Å²) in [6.07, 6.45) is 0. The van der Waals surface area contributed by atoms with Gasteiger partial charge >= 0.3 is 0 Å². The van der Waals surface area contributed by atoms with Gasteiger partial charge in [0.1, 0.15) is 16.4 Å². The van der Waals surface area contributed by atoms with E-state index in [0.717, 1.165) is 12.1 Å². The Labute approximate surface area is 103 Å². The minimum atomic E-state index is -4.38. The average molecular weight is 227 g/mol. The number of phenols is 2. The minimum Gasteiger partial charge on any atom is -0.507 e. The summed E-state index contributed by atoms with van der Waals surface area (Å²) in [7, 11) is -4.38. The Morgan fingerprint density at radius 3 is 1.79 bits per heavy atom. The van der Waals surface area contributed by atoms with Crippen molar-refractivity contribution in [3.8, 4) is 11.5 Å². The quantitative estimate of drug-likeness (QED) is 0.473. The van der Waals surface area contributed by atoms with Crippen LogP contribution in [-0.4, -0.2) is 52.7 Å². The Kier molecular flexibility index (Phi) is 4.41. The van der Waals surface area contributed by atoms with E-state index in [4.69, 9.17) is 14.8 Å². The van der Waals surface area contributed by atoms with Crippen molar-refractivity contribution in [1.29, 1.82) is 0 Å². The number of benzene rings is 1. The van der Waals surface area contributed by atoms with E-state index in [2.05, 4.69) is 0 Å². The first-order valence-electron chi connectivity index (χ1n) is 3.32. The zero-order valence-corrected chi connectivity index (χ0v) is 10.5. The molecule has 5 nitrogen and oxygen atoms in total. The van der Waals surface area contributed by atoms with E-state index in [1.165, 1.54) is 6.92 Å². The summed E-state index contributed by atoms with van der Waals surface area (Å²) >= 11 is 0. The summed E-state index contributed by atoms with van der Waals surface area (Å²) in [6, 6.07) is 1.73. The van der Waals surface area contributed by atoms with Crippen LogP contribution >= 0.6 is 0 Å². The zero-order valence-electron chi connectivity index (χ0n) is 7.72. The van der Waals surface area contributed by atoms with Crippen LogP contribution in [0.25, 0.3) is 0 Å². The fourth-order valence-electron chi connectivity index (χ4n) is 0.808. The molecule has 1 rings (SSSR count). The number of phenolic OH excluding ortho intramolecular Hbond substituents is 2. The van der Waals surface area contributed by atoms with Gasteiger partial charge in [0.05, 0.1) is 0 Å². The molecule has 0 saturated carbocycles. The largest absolute Gasteiger partial charge is 0.507 e. The van der Waals surface area contributed by atoms with Gasteiger partial charge in [-0.15, -0.1) is 0 Å². The molecule has 0 aliphatic heterocycles. The molecule has 0 fully saturated rings. The van der Waals surface area contributed by atoms with E-state index < -0.39 is 15.0 Å². The van der Waals surface area contributed by atoms with Crippen LogP contribution in [0, 0.1) is 6.92 Å². The van der Waals surface area contributed by atoms with Gasteiger partial charge < -0.3 is 10.2 Å². The number of aromatic hydroxyl groups is 2. The molecule has 0 saturated heterocycles. The number of hydrogen-bond acceptors (Lipinski definition) is 4. The molecule has 1 aromatic rings. The van der Waals surface area contributed by atoms with Crippen molar-refractivity contribution in [2.75, 3.05) is 0 Å². The van der Waals surface area contributed by atoms with E-state index >= 15 is 0 Å². The summed E-state index contributed by atoms with van der Waals surface area (Å²) < 4.78 is 29.7. The normalized spacial score (nSPS) is 10.7. The maximum atomic E-state index is 10.6. The van der Waals surface area contributed by atoms with E-state index in [1.807, 2.05) is 0 Å². The third-order valence-electron chi connectivity index (χ3n) is 1.62. The van der Waals surface area contributed by atoms with Crippen molar-refractivity contribution >= 4 is 39.7 Å². The van der Waals surface area contributed by atoms with Gasteiger partial charge in [0.25, 0.3) is 10.1 Å². The molecule has 7 heteroatoms. The van der Waals surface area contributed by atoms with Gasteiger partial charge in [0, 0.05) is 47.3 Å². The van der Waals surface area contributed by atoms with Gasteiger partial charge in [-0.1, -0.05) is 0 Å². The van der Waals surface area contributed by atoms with Crippen LogP contribution in [-0.2, 0) is 10.1 Å². The van der Waals surface area contributed by atoms with Gasteiger partial charge in [0.15, 0.2) is 0 Å². The van der Waals surface area contributed by atoms with Crippen LogP contribution in [0.1, 0.15) is 5.56 Å². The van der Waals surface area contributed by atoms with E-state index in [1.54, 1.807) is 0 Å². The third-order valence-corrected chi connectivity index (χ3v) is 2.46. The van der Waals surface area contributed by atoms with Crippen molar-refractivity contribution in [2.45, 2.75) is 11.8 Å². The monoisotopic (exact) mass is 227 g/mol. The second-order valence-corrected chi connectivity index (χ2v) is 3.98. The van der Waals surface area contributed by atoms with E-state index in [0.29, 0.717) is 0 Å². The summed E-state index contributed by atoms with van der Waals surface area (Å²) in [5.41, 5.74) is 0.160. The van der Waals surface area contributed by atoms with Crippen molar-refractivity contribution in [3.05, 3.63) is 17.7 Å². The minimum absolute atomic E-state index is 0. The fraction of sp³-hybridized carbons (Fsp3) is 0.143. The first-order valence-corrected chi connectivity index (χ1v) is 4.76. The van der Waals surface area contributed by atoms with Crippen LogP contribution in [0.4, 0.5) is 0 Å². The Morgan fingerprint density at radius 1 is 1.14 bits per heavy atom. The smallest absolute Gasteiger partial charge is 0.294 e. The molecule has 0 unspecified atom stereocenters. The summed E-state index contributed by atoms with van der Waals surface area (Å²) in [6.45, 7) is 1.42. The van der Waals surface area contributed by atoms with Crippen molar-refractivity contribution in [2.24, 2.45) is 0 Å². The molecule has 0 aliphatic rings. The molecule has 14 heavy (non-hydrogen) atoms. The zero-order chi connectivity index (χ0) is 10.2. The maximum absolute atomic E-state index is 10.6. The predicted molar refractivity (Wildman–Crippen MR) is 50.1 cm³/mol. The molecule has 0 amide bonds. The maximum Gasteiger partial charge on any atom is 0.294 e. The Balaban J connectivity index is 0.00000169. The first-order chi connectivity index (χ1) is 5.82. The van der Waals surface area contributed by atoms with Crippen molar-refractivity contribution < 1.29 is 23.2 Å². The van der Waals surface area contributed by atoms with Gasteiger partial charge in [-0.3, -0.25) is 4.55 Å². The van der Waals surface area contributed by atoms with Crippen LogP contribution < -0.4 is 0 Å². The standard InChI is InChI=1S/C7H8O5S.Na/c1-4-6(8)2-5(3-7(4)9)13(10,11)12;/h2-3,8-9H,1H3,(H,10,11,12);. The van der Waals surface area contributed by atoms with Crippen LogP contribution in [0.3, 0.4) is 0 Å². The second-order valence-electron chi connectivity index (χ2n) is 2.56. The fourth-order valence-corrected chi connectivity index (χ4v) is 1.33. The first kappa shape index (κ1) is 13.7.